The molecule has 0 aromatic heterocycles. The smallest absolute Gasteiger partial charge is 0.247 e. The number of para-hydroxylation sites is 1. The molecule has 198 valence electrons. The maximum Gasteiger partial charge on any atom is 0.247 e. The summed E-state index contributed by atoms with van der Waals surface area (Å²) >= 11 is 0. The fraction of sp³-hybridized carbons (Fsp3) is 0.300. The molecule has 8 heteroatoms. The Bertz CT molecular complexity index is 1240. The molecular weight excluding hydrogens is 478 g/mol. The van der Waals surface area contributed by atoms with Crippen LogP contribution in [0.5, 0.6) is 11.5 Å². The molecule has 0 heterocycles. The van der Waals surface area contributed by atoms with Crippen LogP contribution in [0.2, 0.25) is 0 Å². The summed E-state index contributed by atoms with van der Waals surface area (Å²) in [6, 6.07) is 22.9. The Morgan fingerprint density at radius 1 is 0.921 bits per heavy atom. The van der Waals surface area contributed by atoms with Crippen LogP contribution in [0.3, 0.4) is 0 Å². The predicted molar refractivity (Wildman–Crippen MR) is 149 cm³/mol. The Balaban J connectivity index is 1.49. The molecule has 1 aliphatic carbocycles. The molecule has 1 saturated carbocycles. The summed E-state index contributed by atoms with van der Waals surface area (Å²) in [6.45, 7) is 0.642. The Morgan fingerprint density at radius 2 is 1.61 bits per heavy atom. The molecule has 2 amide bonds. The van der Waals surface area contributed by atoms with Gasteiger partial charge in [-0.2, -0.15) is 0 Å². The van der Waals surface area contributed by atoms with Crippen LogP contribution in [-0.4, -0.2) is 30.2 Å². The first-order valence-electron chi connectivity index (χ1n) is 13.0. The fourth-order valence-corrected chi connectivity index (χ4v) is 4.72. The van der Waals surface area contributed by atoms with Gasteiger partial charge in [-0.1, -0.05) is 30.3 Å². The summed E-state index contributed by atoms with van der Waals surface area (Å²) in [7, 11) is 0. The zero-order valence-corrected chi connectivity index (χ0v) is 21.4. The van der Waals surface area contributed by atoms with E-state index in [9.17, 15) is 9.59 Å². The number of nitrogens with one attached hydrogen (secondary N) is 3. The van der Waals surface area contributed by atoms with Gasteiger partial charge in [-0.25, -0.2) is 0 Å². The molecule has 0 aliphatic heterocycles. The summed E-state index contributed by atoms with van der Waals surface area (Å²) in [5.41, 5.74) is 13.3. The summed E-state index contributed by atoms with van der Waals surface area (Å²) in [6.07, 6.45) is 3.69. The molecule has 0 saturated heterocycles. The minimum Gasteiger partial charge on any atom is -0.457 e. The first-order chi connectivity index (χ1) is 18.4. The number of ether oxygens (including phenoxy) is 1. The molecule has 8 nitrogen and oxygen atoms in total. The Hall–Kier alpha value is -4.17. The molecule has 7 N–H and O–H groups in total. The third kappa shape index (κ3) is 7.43. The summed E-state index contributed by atoms with van der Waals surface area (Å²) in [4.78, 5) is 26.6. The van der Waals surface area contributed by atoms with Gasteiger partial charge in [0.15, 0.2) is 0 Å². The lowest BCUT2D eigenvalue weighted by Crippen LogP contribution is -2.48. The molecule has 1 aliphatic rings. The number of amides is 2. The lowest BCUT2D eigenvalue weighted by Gasteiger charge is -2.28. The van der Waals surface area contributed by atoms with Crippen molar-refractivity contribution in [3.8, 4) is 11.5 Å². The molecule has 3 aromatic rings. The maximum absolute atomic E-state index is 13.4. The van der Waals surface area contributed by atoms with Gasteiger partial charge in [-0.15, -0.1) is 0 Å². The molecule has 1 unspecified atom stereocenters. The van der Waals surface area contributed by atoms with E-state index in [0.29, 0.717) is 41.6 Å². The van der Waals surface area contributed by atoms with Crippen molar-refractivity contribution in [2.45, 2.75) is 38.1 Å². The van der Waals surface area contributed by atoms with Crippen molar-refractivity contribution in [1.82, 2.24) is 5.32 Å². The van der Waals surface area contributed by atoms with Crippen LogP contribution in [-0.2, 0) is 16.0 Å². The van der Waals surface area contributed by atoms with Crippen molar-refractivity contribution in [2.75, 3.05) is 11.9 Å². The lowest BCUT2D eigenvalue weighted by molar-refractivity contribution is -0.130. The van der Waals surface area contributed by atoms with Gasteiger partial charge >= 0.3 is 0 Å². The van der Waals surface area contributed by atoms with E-state index < -0.39 is 6.04 Å². The lowest BCUT2D eigenvalue weighted by atomic mass is 9.81. The second-order valence-electron chi connectivity index (χ2n) is 9.76. The number of rotatable bonds is 10. The van der Waals surface area contributed by atoms with Crippen molar-refractivity contribution < 1.29 is 14.3 Å². The Kier molecular flexibility index (Phi) is 9.11. The number of benzene rings is 3. The second-order valence-corrected chi connectivity index (χ2v) is 9.76. The van der Waals surface area contributed by atoms with E-state index in [4.69, 9.17) is 21.6 Å². The number of hydrogen-bond donors (Lipinski definition) is 5. The largest absolute Gasteiger partial charge is 0.457 e. The molecule has 0 bridgehead atoms. The number of carbonyl (C=O) groups excluding carboxylic acids is 2. The SMILES string of the molecule is N=C(N)c1ccc(NC(=O)C(Cc2cccc(Oc3ccccc3)c2)NC(=O)C2CCC(CN)CC2)cc1. The van der Waals surface area contributed by atoms with Crippen molar-refractivity contribution in [3.63, 3.8) is 0 Å². The van der Waals surface area contributed by atoms with Gasteiger partial charge in [0.2, 0.25) is 11.8 Å². The molecule has 1 atom stereocenters. The number of anilines is 1. The van der Waals surface area contributed by atoms with E-state index in [1.807, 2.05) is 54.6 Å². The number of hydrogen-bond acceptors (Lipinski definition) is 5. The first-order valence-corrected chi connectivity index (χ1v) is 13.0. The monoisotopic (exact) mass is 513 g/mol. The van der Waals surface area contributed by atoms with Crippen LogP contribution < -0.4 is 26.8 Å². The fourth-order valence-electron chi connectivity index (χ4n) is 4.72. The Labute approximate surface area is 223 Å². The topological polar surface area (TPSA) is 143 Å². The molecule has 0 radical (unpaired) electrons. The number of amidine groups is 1. The van der Waals surface area contributed by atoms with Crippen LogP contribution in [0.15, 0.2) is 78.9 Å². The van der Waals surface area contributed by atoms with Crippen LogP contribution in [0.1, 0.15) is 36.8 Å². The van der Waals surface area contributed by atoms with E-state index in [1.54, 1.807) is 24.3 Å². The highest BCUT2D eigenvalue weighted by Crippen LogP contribution is 2.28. The third-order valence-corrected chi connectivity index (χ3v) is 6.96. The maximum atomic E-state index is 13.4. The average Bonchev–Trinajstić information content (AvgIpc) is 2.93. The number of nitrogens with two attached hydrogens (primary N) is 2. The highest BCUT2D eigenvalue weighted by atomic mass is 16.5. The van der Waals surface area contributed by atoms with Crippen LogP contribution in [0, 0.1) is 17.2 Å². The molecule has 3 aromatic carbocycles. The average molecular weight is 514 g/mol. The zero-order valence-electron chi connectivity index (χ0n) is 21.4. The van der Waals surface area contributed by atoms with Crippen LogP contribution in [0.25, 0.3) is 0 Å². The van der Waals surface area contributed by atoms with Crippen LogP contribution >= 0.6 is 0 Å². The van der Waals surface area contributed by atoms with Gasteiger partial charge in [0.25, 0.3) is 0 Å². The van der Waals surface area contributed by atoms with E-state index >= 15 is 0 Å². The molecular formula is C30H35N5O3. The molecule has 1 fully saturated rings. The van der Waals surface area contributed by atoms with Gasteiger partial charge in [-0.3, -0.25) is 15.0 Å². The number of carbonyl (C=O) groups is 2. The molecule has 38 heavy (non-hydrogen) atoms. The van der Waals surface area contributed by atoms with Crippen molar-refractivity contribution in [3.05, 3.63) is 90.0 Å². The van der Waals surface area contributed by atoms with Crippen molar-refractivity contribution in [2.24, 2.45) is 23.3 Å². The van der Waals surface area contributed by atoms with Gasteiger partial charge in [0, 0.05) is 23.6 Å². The third-order valence-electron chi connectivity index (χ3n) is 6.96. The summed E-state index contributed by atoms with van der Waals surface area (Å²) in [5.74, 6) is 1.23. The van der Waals surface area contributed by atoms with E-state index in [1.165, 1.54) is 0 Å². The summed E-state index contributed by atoms with van der Waals surface area (Å²) < 4.78 is 5.96. The highest BCUT2D eigenvalue weighted by Gasteiger charge is 2.29. The van der Waals surface area contributed by atoms with Gasteiger partial charge in [0.05, 0.1) is 0 Å². The van der Waals surface area contributed by atoms with Crippen molar-refractivity contribution in [1.29, 1.82) is 5.41 Å². The van der Waals surface area contributed by atoms with Gasteiger partial charge in [0.1, 0.15) is 23.4 Å². The quantitative estimate of drug-likeness (QED) is 0.204. The van der Waals surface area contributed by atoms with E-state index in [0.717, 1.165) is 31.2 Å². The van der Waals surface area contributed by atoms with E-state index in [-0.39, 0.29) is 23.6 Å². The zero-order chi connectivity index (χ0) is 26.9. The predicted octanol–water partition coefficient (Wildman–Crippen LogP) is 4.19. The minimum atomic E-state index is -0.783. The normalized spacial score (nSPS) is 17.7. The highest BCUT2D eigenvalue weighted by molar-refractivity contribution is 5.99. The van der Waals surface area contributed by atoms with Crippen LogP contribution in [0.4, 0.5) is 5.69 Å². The standard InChI is InChI=1S/C30H35N5O3/c31-19-20-9-11-23(12-10-20)29(36)35-27(30(37)34-24-15-13-22(14-16-24)28(32)33)18-21-5-4-8-26(17-21)38-25-6-2-1-3-7-25/h1-8,13-17,20,23,27H,9-12,18-19,31H2,(H3,32,33)(H,34,37)(H,35,36). The summed E-state index contributed by atoms with van der Waals surface area (Å²) in [5, 5.41) is 13.5. The van der Waals surface area contributed by atoms with Crippen molar-refractivity contribution >= 4 is 23.3 Å². The van der Waals surface area contributed by atoms with E-state index in [2.05, 4.69) is 10.6 Å². The Morgan fingerprint density at radius 3 is 2.26 bits per heavy atom. The minimum absolute atomic E-state index is 0.0463. The number of nitrogen functional groups attached to an aromatic ring is 1. The second kappa shape index (κ2) is 12.9. The first kappa shape index (κ1) is 26.9. The molecule has 4 rings (SSSR count). The van der Waals surface area contributed by atoms with Gasteiger partial charge < -0.3 is 26.8 Å². The van der Waals surface area contributed by atoms with Gasteiger partial charge in [-0.05, 0) is 92.2 Å². The molecule has 0 spiro atoms.